The van der Waals surface area contributed by atoms with Crippen molar-refractivity contribution < 1.29 is 9.18 Å². The second kappa shape index (κ2) is 12.5. The van der Waals surface area contributed by atoms with Gasteiger partial charge in [-0.3, -0.25) is 4.79 Å². The molecule has 2 N–H and O–H groups in total. The third kappa shape index (κ3) is 6.84. The summed E-state index contributed by atoms with van der Waals surface area (Å²) in [4.78, 5) is 20.5. The Balaban J connectivity index is 0.00000320. The summed E-state index contributed by atoms with van der Waals surface area (Å²) in [7, 11) is 0. The number of hydrogen-bond acceptors (Lipinski definition) is 4. The Hall–Kier alpha value is -1.33. The number of benzene rings is 1. The zero-order chi connectivity index (χ0) is 20.6. The smallest absolute Gasteiger partial charge is 0.242 e. The second-order valence-electron chi connectivity index (χ2n) is 6.83. The normalized spacial score (nSPS) is 13.4. The lowest BCUT2D eigenvalue weighted by Gasteiger charge is -2.27. The average Bonchev–Trinajstić information content (AvgIpc) is 3.19. The molecule has 0 saturated carbocycles. The summed E-state index contributed by atoms with van der Waals surface area (Å²) < 4.78 is 13.5. The van der Waals surface area contributed by atoms with Gasteiger partial charge in [-0.2, -0.15) is 11.8 Å². The van der Waals surface area contributed by atoms with Gasteiger partial charge in [0.1, 0.15) is 5.82 Å². The Morgan fingerprint density at radius 1 is 1.30 bits per heavy atom. The average molecular weight is 563 g/mol. The first-order valence-electron chi connectivity index (χ1n) is 9.72. The lowest BCUT2D eigenvalue weighted by atomic mass is 10.1. The number of rotatable bonds is 7. The molecule has 0 bridgehead atoms. The van der Waals surface area contributed by atoms with Crippen LogP contribution in [0.3, 0.4) is 0 Å². The van der Waals surface area contributed by atoms with Crippen LogP contribution in [0.1, 0.15) is 28.5 Å². The van der Waals surface area contributed by atoms with Crippen molar-refractivity contribution in [3.05, 3.63) is 57.0 Å². The van der Waals surface area contributed by atoms with Crippen LogP contribution in [0.25, 0.3) is 0 Å². The minimum absolute atomic E-state index is 0. The van der Waals surface area contributed by atoms with Crippen LogP contribution in [0.2, 0.25) is 0 Å². The van der Waals surface area contributed by atoms with E-state index in [1.54, 1.807) is 35.2 Å². The largest absolute Gasteiger partial charge is 0.357 e. The fourth-order valence-corrected chi connectivity index (χ4v) is 4.75. The van der Waals surface area contributed by atoms with Crippen molar-refractivity contribution >= 4 is 58.9 Å². The van der Waals surface area contributed by atoms with Crippen LogP contribution in [-0.2, 0) is 30.1 Å². The number of thiophene rings is 1. The predicted molar refractivity (Wildman–Crippen MR) is 135 cm³/mol. The molecule has 1 amide bonds. The van der Waals surface area contributed by atoms with Crippen LogP contribution in [-0.4, -0.2) is 42.7 Å². The monoisotopic (exact) mass is 562 g/mol. The predicted octanol–water partition coefficient (Wildman–Crippen LogP) is 4.01. The van der Waals surface area contributed by atoms with Crippen molar-refractivity contribution in [2.45, 2.75) is 32.2 Å². The molecule has 164 valence electrons. The molecule has 30 heavy (non-hydrogen) atoms. The van der Waals surface area contributed by atoms with Gasteiger partial charge in [0.05, 0.1) is 13.1 Å². The minimum atomic E-state index is -0.229. The van der Waals surface area contributed by atoms with E-state index in [1.165, 1.54) is 16.5 Å². The minimum Gasteiger partial charge on any atom is -0.357 e. The number of nitrogens with zero attached hydrogens (tertiary/aromatic N) is 2. The summed E-state index contributed by atoms with van der Waals surface area (Å²) in [6.07, 6.45) is 2.92. The number of fused-ring (bicyclic) bond motifs is 1. The summed E-state index contributed by atoms with van der Waals surface area (Å²) in [5, 5.41) is 8.41. The van der Waals surface area contributed by atoms with Gasteiger partial charge in [0, 0.05) is 30.3 Å². The molecule has 1 aromatic heterocycles. The number of amides is 1. The van der Waals surface area contributed by atoms with Gasteiger partial charge in [-0.05, 0) is 59.9 Å². The summed E-state index contributed by atoms with van der Waals surface area (Å²) in [5.41, 5.74) is 3.20. The first-order chi connectivity index (χ1) is 14.1. The molecule has 1 aliphatic heterocycles. The van der Waals surface area contributed by atoms with E-state index < -0.39 is 0 Å². The van der Waals surface area contributed by atoms with Crippen LogP contribution in [0.5, 0.6) is 0 Å². The molecule has 2 heterocycles. The first-order valence-corrected chi connectivity index (χ1v) is 12.0. The molecule has 0 unspecified atom stereocenters. The molecular formula is C21H28FIN4OS2. The summed E-state index contributed by atoms with van der Waals surface area (Å²) in [5.74, 6) is 1.17. The van der Waals surface area contributed by atoms with Gasteiger partial charge in [-0.25, -0.2) is 9.38 Å². The van der Waals surface area contributed by atoms with E-state index in [9.17, 15) is 9.18 Å². The highest BCUT2D eigenvalue weighted by Crippen LogP contribution is 2.23. The lowest BCUT2D eigenvalue weighted by molar-refractivity contribution is -0.130. The van der Waals surface area contributed by atoms with E-state index in [-0.39, 0.29) is 42.2 Å². The molecule has 1 aliphatic rings. The van der Waals surface area contributed by atoms with Crippen molar-refractivity contribution in [1.29, 1.82) is 0 Å². The number of aliphatic imine (C=N–C) groups is 1. The topological polar surface area (TPSA) is 56.7 Å². The number of hydrogen-bond donors (Lipinski definition) is 2. The van der Waals surface area contributed by atoms with Gasteiger partial charge >= 0.3 is 0 Å². The van der Waals surface area contributed by atoms with Crippen molar-refractivity contribution in [3.8, 4) is 0 Å². The van der Waals surface area contributed by atoms with E-state index in [2.05, 4.69) is 27.1 Å². The third-order valence-corrected chi connectivity index (χ3v) is 6.41. The molecule has 3 rings (SSSR count). The van der Waals surface area contributed by atoms with Gasteiger partial charge < -0.3 is 15.5 Å². The Labute approximate surface area is 202 Å². The summed E-state index contributed by atoms with van der Waals surface area (Å²) in [6, 6.07) is 6.92. The van der Waals surface area contributed by atoms with E-state index in [4.69, 9.17) is 0 Å². The Bertz CT molecular complexity index is 874. The highest BCUT2D eigenvalue weighted by molar-refractivity contribution is 14.0. The van der Waals surface area contributed by atoms with Crippen molar-refractivity contribution in [1.82, 2.24) is 15.5 Å². The zero-order valence-electron chi connectivity index (χ0n) is 17.2. The van der Waals surface area contributed by atoms with Crippen LogP contribution in [0.15, 0.2) is 34.6 Å². The number of halogens is 2. The maximum absolute atomic E-state index is 13.5. The molecule has 0 aliphatic carbocycles. The Morgan fingerprint density at radius 2 is 2.13 bits per heavy atom. The van der Waals surface area contributed by atoms with Gasteiger partial charge in [0.25, 0.3) is 0 Å². The molecule has 2 aromatic rings. The Kier molecular flexibility index (Phi) is 10.4. The van der Waals surface area contributed by atoms with Crippen LogP contribution in [0.4, 0.5) is 4.39 Å². The number of thioether (sulfide) groups is 1. The second-order valence-corrected chi connectivity index (χ2v) is 8.70. The third-order valence-electron chi connectivity index (χ3n) is 4.79. The van der Waals surface area contributed by atoms with Crippen molar-refractivity contribution in [2.75, 3.05) is 25.9 Å². The maximum Gasteiger partial charge on any atom is 0.242 e. The van der Waals surface area contributed by atoms with E-state index in [0.29, 0.717) is 25.6 Å². The lowest BCUT2D eigenvalue weighted by Crippen LogP contribution is -2.45. The summed E-state index contributed by atoms with van der Waals surface area (Å²) in [6.45, 7) is 4.76. The van der Waals surface area contributed by atoms with Crippen molar-refractivity contribution in [2.24, 2.45) is 4.99 Å². The first kappa shape index (κ1) is 24.9. The number of carbonyl (C=O) groups excluding carboxylic acids is 1. The molecule has 0 spiro atoms. The van der Waals surface area contributed by atoms with Gasteiger partial charge in [0.2, 0.25) is 5.91 Å². The number of nitrogens with one attached hydrogen (secondary N) is 2. The number of carbonyl (C=O) groups is 1. The highest BCUT2D eigenvalue weighted by Gasteiger charge is 2.21. The quantitative estimate of drug-likeness (QED) is 0.304. The maximum atomic E-state index is 13.5. The van der Waals surface area contributed by atoms with Crippen molar-refractivity contribution in [3.63, 3.8) is 0 Å². The zero-order valence-corrected chi connectivity index (χ0v) is 21.2. The molecule has 0 radical (unpaired) electrons. The molecule has 0 fully saturated rings. The van der Waals surface area contributed by atoms with Crippen LogP contribution < -0.4 is 10.6 Å². The van der Waals surface area contributed by atoms with Gasteiger partial charge in [0.15, 0.2) is 5.96 Å². The van der Waals surface area contributed by atoms with Crippen LogP contribution in [0, 0.1) is 5.82 Å². The molecule has 5 nitrogen and oxygen atoms in total. The highest BCUT2D eigenvalue weighted by atomic mass is 127. The standard InChI is InChI=1S/C21H27FN4OS2.HI/c1-3-23-21(24-11-15-4-5-18(22)10-17(15)14-28-2)25-12-20(27)26-8-6-19-16(13-26)7-9-29-19;/h4-5,7,9-10H,3,6,8,11-14H2,1-2H3,(H2,23,24,25);1H. The molecule has 0 saturated heterocycles. The van der Waals surface area contributed by atoms with Gasteiger partial charge in [-0.15, -0.1) is 35.3 Å². The Morgan fingerprint density at radius 3 is 2.90 bits per heavy atom. The fourth-order valence-electron chi connectivity index (χ4n) is 3.28. The molecule has 0 atom stereocenters. The molecular weight excluding hydrogens is 534 g/mol. The van der Waals surface area contributed by atoms with Crippen LogP contribution >= 0.6 is 47.1 Å². The molecule has 1 aromatic carbocycles. The van der Waals surface area contributed by atoms with E-state index in [1.807, 2.05) is 18.1 Å². The summed E-state index contributed by atoms with van der Waals surface area (Å²) >= 11 is 3.42. The van der Waals surface area contributed by atoms with Gasteiger partial charge in [-0.1, -0.05) is 6.07 Å². The van der Waals surface area contributed by atoms with E-state index >= 15 is 0 Å². The fraction of sp³-hybridized carbons (Fsp3) is 0.429. The van der Waals surface area contributed by atoms with E-state index in [0.717, 1.165) is 29.8 Å². The SMILES string of the molecule is CCNC(=NCc1ccc(F)cc1CSC)NCC(=O)N1CCc2sccc2C1.I. The number of guanidine groups is 1. The molecule has 9 heteroatoms.